The Hall–Kier alpha value is -1.43. The van der Waals surface area contributed by atoms with Gasteiger partial charge in [0.2, 0.25) is 5.91 Å². The molecule has 7 heteroatoms. The minimum Gasteiger partial charge on any atom is -0.370 e. The highest BCUT2D eigenvalue weighted by atomic mass is 35.5. The Morgan fingerprint density at radius 1 is 1.30 bits per heavy atom. The molecule has 1 aromatic rings. The zero-order valence-electron chi connectivity index (χ0n) is 10.9. The number of carbonyl (C=O) groups excluding carboxylic acids is 1. The third-order valence-electron chi connectivity index (χ3n) is 2.97. The van der Waals surface area contributed by atoms with Gasteiger partial charge in [-0.1, -0.05) is 23.7 Å². The summed E-state index contributed by atoms with van der Waals surface area (Å²) in [6.45, 7) is 1.47. The van der Waals surface area contributed by atoms with Crippen LogP contribution in [0.3, 0.4) is 0 Å². The monoisotopic (exact) mass is 308 g/mol. The van der Waals surface area contributed by atoms with Gasteiger partial charge in [-0.2, -0.15) is 13.2 Å². The second kappa shape index (κ2) is 6.35. The van der Waals surface area contributed by atoms with Crippen LogP contribution in [0.4, 0.5) is 18.9 Å². The summed E-state index contributed by atoms with van der Waals surface area (Å²) < 4.78 is 36.5. The molecule has 112 valence electrons. The van der Waals surface area contributed by atoms with E-state index >= 15 is 0 Å². The smallest absolute Gasteiger partial charge is 0.370 e. The lowest BCUT2D eigenvalue weighted by atomic mass is 9.93. The molecule has 0 bridgehead atoms. The van der Waals surface area contributed by atoms with Gasteiger partial charge >= 0.3 is 6.18 Å². The van der Waals surface area contributed by atoms with Crippen molar-refractivity contribution in [3.05, 3.63) is 29.3 Å². The average molecular weight is 309 g/mol. The molecule has 1 aromatic carbocycles. The normalized spacial score (nSPS) is 14.7. The van der Waals surface area contributed by atoms with Crippen LogP contribution in [0.1, 0.15) is 26.2 Å². The van der Waals surface area contributed by atoms with E-state index in [9.17, 15) is 18.0 Å². The topological polar surface area (TPSA) is 55.1 Å². The molecule has 0 heterocycles. The number of amides is 1. The van der Waals surface area contributed by atoms with Gasteiger partial charge in [0.05, 0.1) is 10.7 Å². The van der Waals surface area contributed by atoms with E-state index in [2.05, 4.69) is 5.32 Å². The van der Waals surface area contributed by atoms with Crippen LogP contribution in [0.2, 0.25) is 5.02 Å². The number of alkyl halides is 3. The van der Waals surface area contributed by atoms with Crippen LogP contribution < -0.4 is 11.1 Å². The maximum Gasteiger partial charge on any atom is 0.389 e. The summed E-state index contributed by atoms with van der Waals surface area (Å²) in [5, 5.41) is 3.21. The lowest BCUT2D eigenvalue weighted by Gasteiger charge is -2.29. The van der Waals surface area contributed by atoms with Crippen LogP contribution in [0.25, 0.3) is 0 Å². The van der Waals surface area contributed by atoms with Crippen molar-refractivity contribution in [2.75, 3.05) is 5.32 Å². The number of hydrogen-bond donors (Lipinski definition) is 2. The Morgan fingerprint density at radius 2 is 1.90 bits per heavy atom. The molecule has 1 rings (SSSR count). The van der Waals surface area contributed by atoms with Crippen molar-refractivity contribution in [2.45, 2.75) is 37.9 Å². The van der Waals surface area contributed by atoms with Crippen LogP contribution in [0.15, 0.2) is 24.3 Å². The van der Waals surface area contributed by atoms with Gasteiger partial charge in [0.1, 0.15) is 5.54 Å². The molecule has 0 aliphatic carbocycles. The van der Waals surface area contributed by atoms with Gasteiger partial charge in [0, 0.05) is 6.42 Å². The van der Waals surface area contributed by atoms with Crippen LogP contribution >= 0.6 is 11.6 Å². The standard InChI is InChI=1S/C13H16ClF3N2O/c1-12(11(18)20,7-4-8-13(15,16)17)19-10-6-3-2-5-9(10)14/h2-3,5-6,19H,4,7-8H2,1H3,(H2,18,20). The second-order valence-corrected chi connectivity index (χ2v) is 5.18. The molecule has 0 fully saturated rings. The predicted molar refractivity (Wildman–Crippen MR) is 72.6 cm³/mol. The number of benzene rings is 1. The molecule has 3 N–H and O–H groups in total. The molecule has 20 heavy (non-hydrogen) atoms. The zero-order chi connectivity index (χ0) is 15.4. The number of nitrogens with two attached hydrogens (primary N) is 1. The van der Waals surface area contributed by atoms with Crippen LogP contribution in [0, 0.1) is 0 Å². The number of nitrogens with one attached hydrogen (secondary N) is 1. The minimum atomic E-state index is -4.25. The van der Waals surface area contributed by atoms with Crippen molar-refractivity contribution in [1.82, 2.24) is 0 Å². The van der Waals surface area contributed by atoms with Gasteiger partial charge < -0.3 is 11.1 Å². The van der Waals surface area contributed by atoms with E-state index in [0.717, 1.165) is 0 Å². The fraction of sp³-hybridized carbons (Fsp3) is 0.462. The highest BCUT2D eigenvalue weighted by Gasteiger charge is 2.34. The first-order valence-corrected chi connectivity index (χ1v) is 6.41. The van der Waals surface area contributed by atoms with Crippen molar-refractivity contribution in [2.24, 2.45) is 5.73 Å². The SMILES string of the molecule is CC(CCCC(F)(F)F)(Nc1ccccc1Cl)C(N)=O. The largest absolute Gasteiger partial charge is 0.389 e. The molecule has 0 saturated carbocycles. The van der Waals surface area contributed by atoms with E-state index in [1.165, 1.54) is 6.92 Å². The van der Waals surface area contributed by atoms with Crippen molar-refractivity contribution in [1.29, 1.82) is 0 Å². The fourth-order valence-electron chi connectivity index (χ4n) is 1.75. The summed E-state index contributed by atoms with van der Waals surface area (Å²) in [4.78, 5) is 11.5. The second-order valence-electron chi connectivity index (χ2n) is 4.77. The van der Waals surface area contributed by atoms with Gasteiger partial charge in [-0.05, 0) is 31.9 Å². The van der Waals surface area contributed by atoms with E-state index in [1.54, 1.807) is 24.3 Å². The lowest BCUT2D eigenvalue weighted by Crippen LogP contribution is -2.48. The first-order chi connectivity index (χ1) is 9.14. The highest BCUT2D eigenvalue weighted by Crippen LogP contribution is 2.29. The van der Waals surface area contributed by atoms with E-state index < -0.39 is 24.0 Å². The molecule has 0 aliphatic rings. The quantitative estimate of drug-likeness (QED) is 0.841. The maximum absolute atomic E-state index is 12.2. The molecule has 0 radical (unpaired) electrons. The van der Waals surface area contributed by atoms with Gasteiger partial charge in [-0.3, -0.25) is 4.79 Å². The summed E-state index contributed by atoms with van der Waals surface area (Å²) >= 11 is 5.95. The average Bonchev–Trinajstić information content (AvgIpc) is 2.30. The van der Waals surface area contributed by atoms with Gasteiger partial charge in [-0.15, -0.1) is 0 Å². The van der Waals surface area contributed by atoms with E-state index in [0.29, 0.717) is 10.7 Å². The number of rotatable bonds is 6. The van der Waals surface area contributed by atoms with Gasteiger partial charge in [-0.25, -0.2) is 0 Å². The number of hydrogen-bond acceptors (Lipinski definition) is 2. The van der Waals surface area contributed by atoms with Crippen molar-refractivity contribution >= 4 is 23.2 Å². The molecule has 3 nitrogen and oxygen atoms in total. The number of carbonyl (C=O) groups is 1. The van der Waals surface area contributed by atoms with Crippen molar-refractivity contribution in [3.63, 3.8) is 0 Å². The van der Waals surface area contributed by atoms with Crippen molar-refractivity contribution in [3.8, 4) is 0 Å². The maximum atomic E-state index is 12.2. The molecule has 1 unspecified atom stereocenters. The van der Waals surface area contributed by atoms with Crippen LogP contribution in [0.5, 0.6) is 0 Å². The summed E-state index contributed by atoms with van der Waals surface area (Å²) in [6, 6.07) is 6.65. The number of anilines is 1. The summed E-state index contributed by atoms with van der Waals surface area (Å²) in [5.74, 6) is -0.723. The Balaban J connectivity index is 2.77. The van der Waals surface area contributed by atoms with E-state index in [1.807, 2.05) is 0 Å². The van der Waals surface area contributed by atoms with Crippen LogP contribution in [-0.4, -0.2) is 17.6 Å². The third-order valence-corrected chi connectivity index (χ3v) is 3.29. The molecule has 1 atom stereocenters. The molecule has 0 spiro atoms. The molecular formula is C13H16ClF3N2O. The molecule has 0 aliphatic heterocycles. The van der Waals surface area contributed by atoms with Gasteiger partial charge in [0.15, 0.2) is 0 Å². The Morgan fingerprint density at radius 3 is 2.40 bits per heavy atom. The zero-order valence-corrected chi connectivity index (χ0v) is 11.7. The highest BCUT2D eigenvalue weighted by molar-refractivity contribution is 6.33. The fourth-order valence-corrected chi connectivity index (χ4v) is 1.93. The third kappa shape index (κ3) is 4.92. The first-order valence-electron chi connectivity index (χ1n) is 6.03. The summed E-state index contributed by atoms with van der Waals surface area (Å²) in [7, 11) is 0. The lowest BCUT2D eigenvalue weighted by molar-refractivity contribution is -0.137. The molecule has 0 saturated heterocycles. The molecule has 1 amide bonds. The van der Waals surface area contributed by atoms with Crippen LogP contribution in [-0.2, 0) is 4.79 Å². The molecule has 0 aromatic heterocycles. The summed E-state index contributed by atoms with van der Waals surface area (Å²) in [6.07, 6.45) is -5.43. The number of para-hydroxylation sites is 1. The van der Waals surface area contributed by atoms with Gasteiger partial charge in [0.25, 0.3) is 0 Å². The minimum absolute atomic E-state index is 0.0347. The number of halogens is 4. The Kier molecular flexibility index (Phi) is 5.28. The van der Waals surface area contributed by atoms with Crippen molar-refractivity contribution < 1.29 is 18.0 Å². The first kappa shape index (κ1) is 16.6. The summed E-state index contributed by atoms with van der Waals surface area (Å²) in [5.41, 5.74) is 4.47. The van der Waals surface area contributed by atoms with E-state index in [4.69, 9.17) is 17.3 Å². The predicted octanol–water partition coefficient (Wildman–Crippen LogP) is 3.73. The Bertz CT molecular complexity index is 479. The van der Waals surface area contributed by atoms with E-state index in [-0.39, 0.29) is 12.8 Å². The number of primary amides is 1. The Labute approximate surface area is 120 Å². The molecular weight excluding hydrogens is 293 g/mol.